The fourth-order valence-electron chi connectivity index (χ4n) is 3.01. The van der Waals surface area contributed by atoms with Gasteiger partial charge in [-0.1, -0.05) is 36.4 Å². The van der Waals surface area contributed by atoms with Gasteiger partial charge in [0, 0.05) is 13.0 Å². The maximum absolute atomic E-state index is 11.9. The van der Waals surface area contributed by atoms with Crippen LogP contribution < -0.4 is 20.1 Å². The van der Waals surface area contributed by atoms with Crippen LogP contribution in [-0.2, 0) is 17.6 Å². The van der Waals surface area contributed by atoms with E-state index in [-0.39, 0.29) is 5.91 Å². The van der Waals surface area contributed by atoms with Crippen LogP contribution in [0.5, 0.6) is 11.5 Å². The number of benzene rings is 2. The van der Waals surface area contributed by atoms with E-state index in [1.807, 2.05) is 30.3 Å². The smallest absolute Gasteiger partial charge is 0.220 e. The van der Waals surface area contributed by atoms with Crippen molar-refractivity contribution in [2.75, 3.05) is 33.9 Å². The van der Waals surface area contributed by atoms with E-state index >= 15 is 0 Å². The first kappa shape index (κ1) is 21.8. The Balaban J connectivity index is 1.49. The number of nitrogens with one attached hydrogen (secondary N) is 2. The van der Waals surface area contributed by atoms with Crippen molar-refractivity contribution >= 4 is 5.91 Å². The van der Waals surface area contributed by atoms with Crippen molar-refractivity contribution in [2.45, 2.75) is 32.1 Å². The third-order valence-electron chi connectivity index (χ3n) is 4.60. The second kappa shape index (κ2) is 12.8. The Labute approximate surface area is 168 Å². The third-order valence-corrected chi connectivity index (χ3v) is 4.60. The van der Waals surface area contributed by atoms with Crippen LogP contribution >= 0.6 is 0 Å². The van der Waals surface area contributed by atoms with Crippen molar-refractivity contribution in [1.29, 1.82) is 0 Å². The lowest BCUT2D eigenvalue weighted by Gasteiger charge is -2.10. The lowest BCUT2D eigenvalue weighted by molar-refractivity contribution is -0.121. The van der Waals surface area contributed by atoms with Crippen molar-refractivity contribution in [3.63, 3.8) is 0 Å². The number of rotatable bonds is 13. The highest BCUT2D eigenvalue weighted by Gasteiger charge is 2.04. The predicted molar refractivity (Wildman–Crippen MR) is 113 cm³/mol. The molecule has 5 nitrogen and oxygen atoms in total. The molecule has 0 aliphatic rings. The van der Waals surface area contributed by atoms with E-state index in [4.69, 9.17) is 9.47 Å². The van der Waals surface area contributed by atoms with Crippen LogP contribution in [0.1, 0.15) is 30.4 Å². The minimum absolute atomic E-state index is 0.123. The van der Waals surface area contributed by atoms with Gasteiger partial charge in [0.1, 0.15) is 0 Å². The van der Waals surface area contributed by atoms with Crippen LogP contribution in [0.25, 0.3) is 0 Å². The van der Waals surface area contributed by atoms with Crippen LogP contribution in [0, 0.1) is 0 Å². The number of ether oxygens (including phenoxy) is 2. The number of carbonyl (C=O) groups is 1. The molecule has 0 heterocycles. The van der Waals surface area contributed by atoms with Gasteiger partial charge >= 0.3 is 0 Å². The maximum atomic E-state index is 11.9. The minimum Gasteiger partial charge on any atom is -0.493 e. The summed E-state index contributed by atoms with van der Waals surface area (Å²) in [6.45, 7) is 2.58. The fourth-order valence-corrected chi connectivity index (χ4v) is 3.01. The highest BCUT2D eigenvalue weighted by molar-refractivity contribution is 5.76. The van der Waals surface area contributed by atoms with Crippen molar-refractivity contribution in [3.8, 4) is 11.5 Å². The van der Waals surface area contributed by atoms with E-state index < -0.39 is 0 Å². The Hall–Kier alpha value is -2.53. The lowest BCUT2D eigenvalue weighted by atomic mass is 10.1. The first-order valence-electron chi connectivity index (χ1n) is 9.95. The number of aryl methyl sites for hydroxylation is 2. The van der Waals surface area contributed by atoms with E-state index in [0.717, 1.165) is 56.8 Å². The molecule has 0 spiro atoms. The number of amides is 1. The fraction of sp³-hybridized carbons (Fsp3) is 0.435. The molecule has 0 saturated carbocycles. The molecule has 0 saturated heterocycles. The monoisotopic (exact) mass is 384 g/mol. The van der Waals surface area contributed by atoms with E-state index in [2.05, 4.69) is 28.8 Å². The molecule has 2 rings (SSSR count). The molecular weight excluding hydrogens is 352 g/mol. The highest BCUT2D eigenvalue weighted by Crippen LogP contribution is 2.27. The molecule has 2 aromatic carbocycles. The molecule has 0 radical (unpaired) electrons. The molecule has 152 valence electrons. The van der Waals surface area contributed by atoms with Gasteiger partial charge in [0.2, 0.25) is 5.91 Å². The zero-order chi connectivity index (χ0) is 20.0. The molecule has 0 atom stereocenters. The van der Waals surface area contributed by atoms with E-state index in [1.165, 1.54) is 11.1 Å². The summed E-state index contributed by atoms with van der Waals surface area (Å²) in [7, 11) is 3.30. The summed E-state index contributed by atoms with van der Waals surface area (Å²) in [5.41, 5.74) is 2.44. The van der Waals surface area contributed by atoms with Crippen molar-refractivity contribution in [1.82, 2.24) is 10.6 Å². The van der Waals surface area contributed by atoms with Crippen molar-refractivity contribution in [3.05, 3.63) is 59.7 Å². The molecule has 28 heavy (non-hydrogen) atoms. The summed E-state index contributed by atoms with van der Waals surface area (Å²) >= 11 is 0. The largest absolute Gasteiger partial charge is 0.493 e. The van der Waals surface area contributed by atoms with Gasteiger partial charge in [0.25, 0.3) is 0 Å². The number of carbonyl (C=O) groups excluding carboxylic acids is 1. The average Bonchev–Trinajstić information content (AvgIpc) is 2.74. The molecule has 0 aromatic heterocycles. The number of hydrogen-bond acceptors (Lipinski definition) is 4. The van der Waals surface area contributed by atoms with E-state index in [0.29, 0.717) is 6.42 Å². The van der Waals surface area contributed by atoms with Crippen molar-refractivity contribution < 1.29 is 14.3 Å². The number of hydrogen-bond donors (Lipinski definition) is 2. The van der Waals surface area contributed by atoms with Gasteiger partial charge in [-0.15, -0.1) is 0 Å². The summed E-state index contributed by atoms with van der Waals surface area (Å²) in [5, 5.41) is 6.42. The Morgan fingerprint density at radius 3 is 2.32 bits per heavy atom. The molecule has 5 heteroatoms. The van der Waals surface area contributed by atoms with Gasteiger partial charge in [-0.25, -0.2) is 0 Å². The molecule has 0 bridgehead atoms. The topological polar surface area (TPSA) is 59.6 Å². The average molecular weight is 385 g/mol. The first-order chi connectivity index (χ1) is 13.7. The number of methoxy groups -OCH3 is 2. The minimum atomic E-state index is 0.123. The van der Waals surface area contributed by atoms with Gasteiger partial charge < -0.3 is 20.1 Å². The molecule has 0 aliphatic heterocycles. The Bertz CT molecular complexity index is 704. The molecule has 2 aromatic rings. The lowest BCUT2D eigenvalue weighted by Crippen LogP contribution is -2.27. The van der Waals surface area contributed by atoms with Gasteiger partial charge in [-0.3, -0.25) is 4.79 Å². The molecule has 2 N–H and O–H groups in total. The maximum Gasteiger partial charge on any atom is 0.220 e. The first-order valence-corrected chi connectivity index (χ1v) is 9.95. The summed E-state index contributed by atoms with van der Waals surface area (Å²) in [5.74, 6) is 1.66. The zero-order valence-electron chi connectivity index (χ0n) is 17.0. The third kappa shape index (κ3) is 8.01. The normalized spacial score (nSPS) is 10.5. The molecule has 0 unspecified atom stereocenters. The van der Waals surface area contributed by atoms with Gasteiger partial charge in [-0.05, 0) is 62.0 Å². The van der Waals surface area contributed by atoms with Gasteiger partial charge in [-0.2, -0.15) is 0 Å². The van der Waals surface area contributed by atoms with E-state index in [9.17, 15) is 4.79 Å². The summed E-state index contributed by atoms with van der Waals surface area (Å²) in [4.78, 5) is 11.9. The summed E-state index contributed by atoms with van der Waals surface area (Å²) in [6.07, 6.45) is 4.32. The molecule has 1 amide bonds. The Kier molecular flexibility index (Phi) is 9.94. The summed E-state index contributed by atoms with van der Waals surface area (Å²) < 4.78 is 10.6. The summed E-state index contributed by atoms with van der Waals surface area (Å²) in [6, 6.07) is 16.2. The molecular formula is C23H32N2O3. The zero-order valence-corrected chi connectivity index (χ0v) is 17.0. The van der Waals surface area contributed by atoms with Gasteiger partial charge in [0.15, 0.2) is 11.5 Å². The molecule has 0 aliphatic carbocycles. The standard InChI is InChI=1S/C23H32N2O3/c1-27-21-13-11-20(18-22(21)28-2)10-6-15-24-16-7-17-25-23(26)14-12-19-8-4-3-5-9-19/h3-5,8-9,11,13,18,24H,6-7,10,12,14-17H2,1-2H3,(H,25,26). The van der Waals surface area contributed by atoms with Crippen LogP contribution in [0.2, 0.25) is 0 Å². The second-order valence-electron chi connectivity index (χ2n) is 6.73. The quantitative estimate of drug-likeness (QED) is 0.520. The van der Waals surface area contributed by atoms with Gasteiger partial charge in [0.05, 0.1) is 14.2 Å². The van der Waals surface area contributed by atoms with E-state index in [1.54, 1.807) is 14.2 Å². The van der Waals surface area contributed by atoms with Crippen LogP contribution in [0.4, 0.5) is 0 Å². The van der Waals surface area contributed by atoms with Crippen molar-refractivity contribution in [2.24, 2.45) is 0 Å². The molecule has 0 fully saturated rings. The SMILES string of the molecule is COc1ccc(CCCNCCCNC(=O)CCc2ccccc2)cc1OC. The Morgan fingerprint density at radius 2 is 1.57 bits per heavy atom. The second-order valence-corrected chi connectivity index (χ2v) is 6.73. The van der Waals surface area contributed by atoms with Crippen LogP contribution in [-0.4, -0.2) is 39.8 Å². The predicted octanol–water partition coefficient (Wildman–Crippen LogP) is 3.37. The highest BCUT2D eigenvalue weighted by atomic mass is 16.5. The van der Waals surface area contributed by atoms with Crippen LogP contribution in [0.3, 0.4) is 0 Å². The Morgan fingerprint density at radius 1 is 0.821 bits per heavy atom. The van der Waals surface area contributed by atoms with Crippen LogP contribution in [0.15, 0.2) is 48.5 Å².